The van der Waals surface area contributed by atoms with Crippen molar-refractivity contribution in [2.45, 2.75) is 38.8 Å². The fourth-order valence-corrected chi connectivity index (χ4v) is 3.59. The van der Waals surface area contributed by atoms with Crippen molar-refractivity contribution in [1.82, 2.24) is 20.2 Å². The maximum Gasteiger partial charge on any atom is 0.408 e. The highest BCUT2D eigenvalue weighted by Gasteiger charge is 2.31. The second-order valence-electron chi connectivity index (χ2n) is 8.64. The van der Waals surface area contributed by atoms with E-state index >= 15 is 0 Å². The van der Waals surface area contributed by atoms with Crippen LogP contribution in [0, 0.1) is 0 Å². The fraction of sp³-hybridized carbons (Fsp3) is 0.455. The van der Waals surface area contributed by atoms with E-state index in [2.05, 4.69) is 15.3 Å². The van der Waals surface area contributed by atoms with Crippen LogP contribution in [0.5, 0.6) is 0 Å². The van der Waals surface area contributed by atoms with Gasteiger partial charge in [0.05, 0.1) is 11.9 Å². The Kier molecular flexibility index (Phi) is 7.40. The van der Waals surface area contributed by atoms with Crippen molar-refractivity contribution in [3.05, 3.63) is 47.4 Å². The summed E-state index contributed by atoms with van der Waals surface area (Å²) < 4.78 is 5.37. The first-order valence-electron chi connectivity index (χ1n) is 10.5. The summed E-state index contributed by atoms with van der Waals surface area (Å²) in [6.45, 7) is 7.45. The lowest BCUT2D eigenvalue weighted by Gasteiger charge is -2.37. The Hall–Kier alpha value is -3.07. The Balaban J connectivity index is 1.69. The zero-order valence-corrected chi connectivity index (χ0v) is 19.3. The summed E-state index contributed by atoms with van der Waals surface area (Å²) in [4.78, 5) is 37.7. The monoisotopic (exact) mass is 460 g/mol. The zero-order valence-electron chi connectivity index (χ0n) is 18.5. The van der Waals surface area contributed by atoms with Gasteiger partial charge in [-0.3, -0.25) is 4.79 Å². The first-order valence-corrected chi connectivity index (χ1v) is 10.8. The Morgan fingerprint density at radius 3 is 2.44 bits per heavy atom. The molecule has 3 N–H and O–H groups in total. The highest BCUT2D eigenvalue weighted by molar-refractivity contribution is 6.30. The minimum atomic E-state index is -0.762. The van der Waals surface area contributed by atoms with Gasteiger partial charge in [0.2, 0.25) is 5.91 Å². The number of piperazine rings is 1. The number of carbonyl (C=O) groups excluding carboxylic acids is 2. The Morgan fingerprint density at radius 2 is 1.84 bits per heavy atom. The number of nitrogens with zero attached hydrogens (tertiary/aromatic N) is 4. The van der Waals surface area contributed by atoms with Gasteiger partial charge in [-0.2, -0.15) is 0 Å². The third-order valence-electron chi connectivity index (χ3n) is 4.95. The van der Waals surface area contributed by atoms with Crippen molar-refractivity contribution in [2.75, 3.05) is 36.8 Å². The van der Waals surface area contributed by atoms with Crippen LogP contribution in [0.4, 0.5) is 16.3 Å². The average Bonchev–Trinajstić information content (AvgIpc) is 2.73. The Morgan fingerprint density at radius 1 is 1.19 bits per heavy atom. The molecule has 0 aliphatic carbocycles. The number of amides is 2. The van der Waals surface area contributed by atoms with Crippen molar-refractivity contribution in [3.63, 3.8) is 0 Å². The van der Waals surface area contributed by atoms with Gasteiger partial charge in [-0.15, -0.1) is 0 Å². The number of ether oxygens (including phenoxy) is 1. The molecule has 0 bridgehead atoms. The molecular weight excluding hydrogens is 432 g/mol. The number of carbonyl (C=O) groups is 2. The van der Waals surface area contributed by atoms with E-state index in [4.69, 9.17) is 22.1 Å². The highest BCUT2D eigenvalue weighted by Crippen LogP contribution is 2.20. The van der Waals surface area contributed by atoms with Gasteiger partial charge in [-0.25, -0.2) is 14.8 Å². The number of nitrogen functional groups attached to an aromatic ring is 1. The van der Waals surface area contributed by atoms with E-state index in [1.807, 2.05) is 17.0 Å². The van der Waals surface area contributed by atoms with Gasteiger partial charge < -0.3 is 25.6 Å². The average molecular weight is 461 g/mol. The molecule has 3 rings (SSSR count). The van der Waals surface area contributed by atoms with Gasteiger partial charge in [-0.05, 0) is 38.5 Å². The van der Waals surface area contributed by atoms with Crippen LogP contribution in [0.15, 0.2) is 36.8 Å². The predicted molar refractivity (Wildman–Crippen MR) is 124 cm³/mol. The van der Waals surface area contributed by atoms with Crippen LogP contribution in [-0.2, 0) is 16.0 Å². The number of nitrogens with two attached hydrogens (primary N) is 1. The van der Waals surface area contributed by atoms with E-state index < -0.39 is 17.7 Å². The minimum Gasteiger partial charge on any atom is -0.444 e. The first kappa shape index (κ1) is 23.6. The molecule has 1 saturated heterocycles. The molecule has 172 valence electrons. The van der Waals surface area contributed by atoms with Crippen molar-refractivity contribution in [2.24, 2.45) is 0 Å². The SMILES string of the molecule is CC(C)(C)OC(=O)N[C@H](Cc1ccc(Cl)cc1)C(=O)N1CCN(c2ncncc2N)CC1. The largest absolute Gasteiger partial charge is 0.444 e. The molecule has 1 aliphatic rings. The Labute approximate surface area is 192 Å². The molecule has 1 fully saturated rings. The number of nitrogens with one attached hydrogen (secondary N) is 1. The maximum absolute atomic E-state index is 13.3. The maximum atomic E-state index is 13.3. The summed E-state index contributed by atoms with van der Waals surface area (Å²) in [6.07, 6.45) is 2.72. The molecule has 0 unspecified atom stereocenters. The van der Waals surface area contributed by atoms with E-state index in [1.54, 1.807) is 44.0 Å². The smallest absolute Gasteiger partial charge is 0.408 e. The van der Waals surface area contributed by atoms with Crippen molar-refractivity contribution >= 4 is 35.1 Å². The van der Waals surface area contributed by atoms with Crippen LogP contribution in [0.2, 0.25) is 5.02 Å². The molecule has 2 amide bonds. The minimum absolute atomic E-state index is 0.166. The summed E-state index contributed by atoms with van der Waals surface area (Å²) in [5.41, 5.74) is 6.70. The van der Waals surface area contributed by atoms with E-state index in [9.17, 15) is 9.59 Å². The molecule has 0 saturated carbocycles. The Bertz CT molecular complexity index is 939. The lowest BCUT2D eigenvalue weighted by atomic mass is 10.0. The van der Waals surface area contributed by atoms with Crippen LogP contribution in [-0.4, -0.2) is 64.7 Å². The lowest BCUT2D eigenvalue weighted by Crippen LogP contribution is -2.56. The number of aromatic nitrogens is 2. The molecule has 0 radical (unpaired) electrons. The summed E-state index contributed by atoms with van der Waals surface area (Å²) in [5, 5.41) is 3.35. The van der Waals surface area contributed by atoms with Gasteiger partial charge >= 0.3 is 6.09 Å². The van der Waals surface area contributed by atoms with Crippen LogP contribution in [0.25, 0.3) is 0 Å². The van der Waals surface area contributed by atoms with Gasteiger partial charge in [-0.1, -0.05) is 23.7 Å². The van der Waals surface area contributed by atoms with Crippen LogP contribution >= 0.6 is 11.6 Å². The molecular formula is C22H29ClN6O3. The first-order chi connectivity index (χ1) is 15.1. The molecule has 2 aromatic rings. The predicted octanol–water partition coefficient (Wildman–Crippen LogP) is 2.50. The van der Waals surface area contributed by atoms with Crippen molar-refractivity contribution < 1.29 is 14.3 Å². The molecule has 1 aromatic carbocycles. The van der Waals surface area contributed by atoms with E-state index in [-0.39, 0.29) is 5.91 Å². The number of benzene rings is 1. The topological polar surface area (TPSA) is 114 Å². The summed E-state index contributed by atoms with van der Waals surface area (Å²) in [7, 11) is 0. The molecule has 32 heavy (non-hydrogen) atoms. The van der Waals surface area contributed by atoms with Gasteiger partial charge in [0.1, 0.15) is 18.0 Å². The zero-order chi connectivity index (χ0) is 23.3. The van der Waals surface area contributed by atoms with Crippen LogP contribution in [0.1, 0.15) is 26.3 Å². The van der Waals surface area contributed by atoms with Gasteiger partial charge in [0, 0.05) is 37.6 Å². The number of rotatable bonds is 5. The number of anilines is 2. The molecule has 1 aliphatic heterocycles. The summed E-state index contributed by atoms with van der Waals surface area (Å²) >= 11 is 5.98. The lowest BCUT2D eigenvalue weighted by molar-refractivity contribution is -0.133. The van der Waals surface area contributed by atoms with Gasteiger partial charge in [0.25, 0.3) is 0 Å². The van der Waals surface area contributed by atoms with Gasteiger partial charge in [0.15, 0.2) is 5.82 Å². The van der Waals surface area contributed by atoms with Crippen LogP contribution in [0.3, 0.4) is 0 Å². The van der Waals surface area contributed by atoms with Crippen molar-refractivity contribution in [3.8, 4) is 0 Å². The molecule has 9 nitrogen and oxygen atoms in total. The molecule has 0 spiro atoms. The molecule has 1 atom stereocenters. The van der Waals surface area contributed by atoms with E-state index in [0.29, 0.717) is 49.1 Å². The molecule has 10 heteroatoms. The standard InChI is InChI=1S/C22H29ClN6O3/c1-22(2,3)32-21(31)27-18(12-15-4-6-16(23)7-5-15)20(30)29-10-8-28(9-11-29)19-17(24)13-25-14-26-19/h4-7,13-14,18H,8-12,24H2,1-3H3,(H,27,31)/t18-/m1/s1. The van der Waals surface area contributed by atoms with E-state index in [1.165, 1.54) is 6.33 Å². The quantitative estimate of drug-likeness (QED) is 0.704. The second-order valence-corrected chi connectivity index (χ2v) is 9.08. The number of hydrogen-bond acceptors (Lipinski definition) is 7. The number of halogens is 1. The van der Waals surface area contributed by atoms with Crippen molar-refractivity contribution in [1.29, 1.82) is 0 Å². The normalized spacial score (nSPS) is 15.2. The second kappa shape index (κ2) is 10.0. The highest BCUT2D eigenvalue weighted by atomic mass is 35.5. The van der Waals surface area contributed by atoms with Crippen LogP contribution < -0.4 is 16.0 Å². The summed E-state index contributed by atoms with van der Waals surface area (Å²) in [6, 6.07) is 6.44. The number of hydrogen-bond donors (Lipinski definition) is 2. The fourth-order valence-electron chi connectivity index (χ4n) is 3.46. The third-order valence-corrected chi connectivity index (χ3v) is 5.20. The summed E-state index contributed by atoms with van der Waals surface area (Å²) in [5.74, 6) is 0.498. The van der Waals surface area contributed by atoms with E-state index in [0.717, 1.165) is 5.56 Å². The molecule has 2 heterocycles. The third kappa shape index (κ3) is 6.46. The molecule has 1 aromatic heterocycles. The number of alkyl carbamates (subject to hydrolysis) is 1.